The van der Waals surface area contributed by atoms with E-state index in [0.717, 1.165) is 16.0 Å². The Morgan fingerprint density at radius 1 is 1.29 bits per heavy atom. The predicted octanol–water partition coefficient (Wildman–Crippen LogP) is 0.105. The van der Waals surface area contributed by atoms with Gasteiger partial charge in [-0.2, -0.15) is 9.57 Å². The molecule has 0 unspecified atom stereocenters. The van der Waals surface area contributed by atoms with Gasteiger partial charge in [0, 0.05) is 6.92 Å². The second kappa shape index (κ2) is 6.14. The molecular formula is C15H22N3O2S+. The fourth-order valence-electron chi connectivity index (χ4n) is 2.77. The van der Waals surface area contributed by atoms with Crippen LogP contribution in [0, 0.1) is 25.2 Å². The van der Waals surface area contributed by atoms with Crippen LogP contribution in [0.5, 0.6) is 0 Å². The van der Waals surface area contributed by atoms with E-state index in [1.165, 1.54) is 4.31 Å². The molecule has 0 radical (unpaired) electrons. The van der Waals surface area contributed by atoms with Gasteiger partial charge in [-0.3, -0.25) is 0 Å². The van der Waals surface area contributed by atoms with Crippen molar-refractivity contribution in [1.82, 2.24) is 4.31 Å². The van der Waals surface area contributed by atoms with Crippen molar-refractivity contribution < 1.29 is 13.3 Å². The van der Waals surface area contributed by atoms with E-state index in [2.05, 4.69) is 6.07 Å². The van der Waals surface area contributed by atoms with Gasteiger partial charge in [-0.1, -0.05) is 17.7 Å². The van der Waals surface area contributed by atoms with Gasteiger partial charge in [-0.15, -0.1) is 0 Å². The predicted molar refractivity (Wildman–Crippen MR) is 80.4 cm³/mol. The first-order valence-corrected chi connectivity index (χ1v) is 8.62. The van der Waals surface area contributed by atoms with Crippen LogP contribution in [0.3, 0.4) is 0 Å². The summed E-state index contributed by atoms with van der Waals surface area (Å²) in [5, 5.41) is 8.95. The Balaban J connectivity index is 2.17. The van der Waals surface area contributed by atoms with Crippen LogP contribution >= 0.6 is 0 Å². The minimum atomic E-state index is -3.43. The van der Waals surface area contributed by atoms with Gasteiger partial charge in [-0.05, 0) is 25.5 Å². The second-order valence-electron chi connectivity index (χ2n) is 5.68. The maximum Gasteiger partial charge on any atom is 0.243 e. The molecule has 21 heavy (non-hydrogen) atoms. The van der Waals surface area contributed by atoms with E-state index in [1.54, 1.807) is 6.07 Å². The lowest BCUT2D eigenvalue weighted by molar-refractivity contribution is -0.918. The van der Waals surface area contributed by atoms with E-state index in [-0.39, 0.29) is 6.04 Å². The van der Waals surface area contributed by atoms with Crippen molar-refractivity contribution in [3.05, 3.63) is 29.3 Å². The number of benzene rings is 1. The van der Waals surface area contributed by atoms with Crippen molar-refractivity contribution in [2.45, 2.75) is 31.7 Å². The summed E-state index contributed by atoms with van der Waals surface area (Å²) in [6.07, 6.45) is 0. The summed E-state index contributed by atoms with van der Waals surface area (Å²) < 4.78 is 27.0. The van der Waals surface area contributed by atoms with Gasteiger partial charge < -0.3 is 4.90 Å². The number of quaternary nitrogens is 1. The third-order valence-electron chi connectivity index (χ3n) is 4.12. The number of sulfonamides is 1. The number of aryl methyl sites for hydroxylation is 2. The zero-order valence-electron chi connectivity index (χ0n) is 12.8. The molecule has 1 aliphatic rings. The highest BCUT2D eigenvalue weighted by molar-refractivity contribution is 7.89. The monoisotopic (exact) mass is 308 g/mol. The molecule has 1 aromatic carbocycles. The molecule has 0 saturated carbocycles. The van der Waals surface area contributed by atoms with Gasteiger partial charge in [0.05, 0.1) is 31.1 Å². The van der Waals surface area contributed by atoms with Gasteiger partial charge in [0.25, 0.3) is 0 Å². The molecule has 1 N–H and O–H groups in total. The maximum atomic E-state index is 12.7. The lowest BCUT2D eigenvalue weighted by atomic mass is 10.2. The zero-order valence-corrected chi connectivity index (χ0v) is 13.6. The Labute approximate surface area is 126 Å². The molecule has 5 nitrogen and oxygen atoms in total. The highest BCUT2D eigenvalue weighted by Gasteiger charge is 2.32. The minimum absolute atomic E-state index is 0.0871. The number of nitrogens with one attached hydrogen (secondary N) is 1. The molecule has 1 aromatic rings. The summed E-state index contributed by atoms with van der Waals surface area (Å²) in [7, 11) is -3.43. The van der Waals surface area contributed by atoms with Crippen molar-refractivity contribution in [2.75, 3.05) is 26.2 Å². The molecule has 1 saturated heterocycles. The van der Waals surface area contributed by atoms with Crippen molar-refractivity contribution in [3.8, 4) is 6.07 Å². The first kappa shape index (κ1) is 16.0. The van der Waals surface area contributed by atoms with Crippen LogP contribution in [0.1, 0.15) is 18.1 Å². The highest BCUT2D eigenvalue weighted by atomic mass is 32.2. The summed E-state index contributed by atoms with van der Waals surface area (Å²) in [5.41, 5.74) is 1.85. The Bertz CT molecular complexity index is 656. The van der Waals surface area contributed by atoms with Crippen LogP contribution in [-0.4, -0.2) is 44.9 Å². The number of nitrogens with zero attached hydrogens (tertiary/aromatic N) is 2. The molecule has 0 aliphatic carbocycles. The standard InChI is InChI=1S/C15H21N3O2S/c1-12-4-5-15(13(2)10-12)21(19,20)18-8-6-17(7-9-18)14(3)11-16/h4-5,10,14H,6-9H2,1-3H3/p+1/t14-/m0/s1. The number of piperazine rings is 1. The average Bonchev–Trinajstić information content (AvgIpc) is 2.46. The third kappa shape index (κ3) is 3.26. The van der Waals surface area contributed by atoms with Crippen molar-refractivity contribution in [3.63, 3.8) is 0 Å². The summed E-state index contributed by atoms with van der Waals surface area (Å²) >= 11 is 0. The largest absolute Gasteiger partial charge is 0.319 e. The van der Waals surface area contributed by atoms with Gasteiger partial charge in [0.2, 0.25) is 10.0 Å². The van der Waals surface area contributed by atoms with Crippen molar-refractivity contribution in [1.29, 1.82) is 5.26 Å². The quantitative estimate of drug-likeness (QED) is 0.861. The molecule has 6 heteroatoms. The number of rotatable bonds is 3. The number of nitriles is 1. The Hall–Kier alpha value is -1.42. The lowest BCUT2D eigenvalue weighted by Gasteiger charge is -2.32. The minimum Gasteiger partial charge on any atom is -0.319 e. The van der Waals surface area contributed by atoms with Gasteiger partial charge >= 0.3 is 0 Å². The number of hydrogen-bond donors (Lipinski definition) is 1. The summed E-state index contributed by atoms with van der Waals surface area (Å²) in [6.45, 7) is 7.96. The molecule has 1 atom stereocenters. The number of hydrogen-bond acceptors (Lipinski definition) is 3. The van der Waals surface area contributed by atoms with E-state index in [1.807, 2.05) is 32.9 Å². The van der Waals surface area contributed by atoms with Crippen LogP contribution in [-0.2, 0) is 10.0 Å². The van der Waals surface area contributed by atoms with E-state index < -0.39 is 10.0 Å². The zero-order chi connectivity index (χ0) is 15.6. The SMILES string of the molecule is Cc1ccc(S(=O)(=O)N2CC[NH+]([C@@H](C)C#N)CC2)c(C)c1. The first-order chi connectivity index (χ1) is 9.86. The van der Waals surface area contributed by atoms with Crippen LogP contribution in [0.25, 0.3) is 0 Å². The molecule has 1 aliphatic heterocycles. The van der Waals surface area contributed by atoms with E-state index in [9.17, 15) is 8.42 Å². The highest BCUT2D eigenvalue weighted by Crippen LogP contribution is 2.20. The lowest BCUT2D eigenvalue weighted by Crippen LogP contribution is -3.17. The molecule has 0 amide bonds. The molecule has 0 bridgehead atoms. The molecule has 1 heterocycles. The molecule has 1 fully saturated rings. The van der Waals surface area contributed by atoms with Gasteiger partial charge in [0.15, 0.2) is 6.04 Å². The summed E-state index contributed by atoms with van der Waals surface area (Å²) in [4.78, 5) is 1.55. The van der Waals surface area contributed by atoms with Gasteiger partial charge in [0.1, 0.15) is 6.07 Å². The third-order valence-corrected chi connectivity index (χ3v) is 6.18. The molecule has 114 valence electrons. The van der Waals surface area contributed by atoms with E-state index in [0.29, 0.717) is 31.1 Å². The normalized spacial score (nSPS) is 19.1. The maximum absolute atomic E-state index is 12.7. The fraction of sp³-hybridized carbons (Fsp3) is 0.533. The van der Waals surface area contributed by atoms with Crippen molar-refractivity contribution >= 4 is 10.0 Å². The Morgan fingerprint density at radius 2 is 1.90 bits per heavy atom. The first-order valence-electron chi connectivity index (χ1n) is 7.18. The Kier molecular flexibility index (Phi) is 4.67. The topological polar surface area (TPSA) is 65.6 Å². The van der Waals surface area contributed by atoms with Crippen molar-refractivity contribution in [2.24, 2.45) is 0 Å². The molecular weight excluding hydrogens is 286 g/mol. The Morgan fingerprint density at radius 3 is 2.43 bits per heavy atom. The summed E-state index contributed by atoms with van der Waals surface area (Å²) in [5.74, 6) is 0. The molecule has 0 spiro atoms. The average molecular weight is 308 g/mol. The van der Waals surface area contributed by atoms with Crippen LogP contribution < -0.4 is 4.90 Å². The summed E-state index contributed by atoms with van der Waals surface area (Å²) in [6, 6.07) is 7.56. The smallest absolute Gasteiger partial charge is 0.243 e. The van der Waals surface area contributed by atoms with Crippen LogP contribution in [0.4, 0.5) is 0 Å². The van der Waals surface area contributed by atoms with E-state index in [4.69, 9.17) is 5.26 Å². The van der Waals surface area contributed by atoms with Gasteiger partial charge in [-0.25, -0.2) is 8.42 Å². The molecule has 2 rings (SSSR count). The van der Waals surface area contributed by atoms with E-state index >= 15 is 0 Å². The van der Waals surface area contributed by atoms with Crippen LogP contribution in [0.15, 0.2) is 23.1 Å². The fourth-order valence-corrected chi connectivity index (χ4v) is 4.41. The molecule has 0 aromatic heterocycles. The second-order valence-corrected chi connectivity index (χ2v) is 7.59. The van der Waals surface area contributed by atoms with Crippen LogP contribution in [0.2, 0.25) is 0 Å².